The van der Waals surface area contributed by atoms with Crippen LogP contribution in [0.15, 0.2) is 121 Å². The minimum Gasteiger partial charge on any atom is -0.547 e. The highest BCUT2D eigenvalue weighted by molar-refractivity contribution is 5.74. The SMILES string of the molecule is C[C@H]([NH3+])c1ccccc1.O=C(O)[C@@H](O)c1ccccc1.O=C(O)[C@@H](O)c1ccccc1.O=C([O-])[C@@H](O)c1ccccc1. The molecule has 222 valence electrons. The summed E-state index contributed by atoms with van der Waals surface area (Å²) in [7, 11) is 0. The van der Waals surface area contributed by atoms with E-state index in [1.807, 2.05) is 18.2 Å². The number of hydrogen-bond acceptors (Lipinski definition) is 7. The topological polar surface area (TPSA) is 203 Å². The standard InChI is InChI=1S/C8H11N.3C8H8O3/c1-7(9)8-5-3-2-4-6-8;3*9-7(8(10)11)6-4-2-1-3-5-6/h2-7H,9H2,1H3;3*1-5,7,9H,(H,10,11)/t4*7-/m0000/s1. The van der Waals surface area contributed by atoms with Gasteiger partial charge in [-0.25, -0.2) is 9.59 Å². The van der Waals surface area contributed by atoms with E-state index >= 15 is 0 Å². The molecule has 0 radical (unpaired) electrons. The smallest absolute Gasteiger partial charge is 0.337 e. The first-order chi connectivity index (χ1) is 20.0. The van der Waals surface area contributed by atoms with Crippen LogP contribution in [0.5, 0.6) is 0 Å². The van der Waals surface area contributed by atoms with Crippen molar-refractivity contribution in [3.05, 3.63) is 144 Å². The number of rotatable bonds is 7. The molecular formula is C32H35NO9. The maximum absolute atomic E-state index is 10.2. The molecule has 4 aromatic carbocycles. The summed E-state index contributed by atoms with van der Waals surface area (Å²) in [5.74, 6) is -3.93. The lowest BCUT2D eigenvalue weighted by molar-refractivity contribution is -0.420. The fourth-order valence-corrected chi connectivity index (χ4v) is 3.11. The van der Waals surface area contributed by atoms with Crippen LogP contribution >= 0.6 is 0 Å². The predicted octanol–water partition coefficient (Wildman–Crippen LogP) is 2.07. The monoisotopic (exact) mass is 577 g/mol. The number of hydrogen-bond donors (Lipinski definition) is 6. The van der Waals surface area contributed by atoms with E-state index in [1.165, 1.54) is 17.7 Å². The van der Waals surface area contributed by atoms with Gasteiger partial charge in [-0.05, 0) is 23.6 Å². The van der Waals surface area contributed by atoms with Crippen LogP contribution in [-0.2, 0) is 14.4 Å². The average Bonchev–Trinajstić information content (AvgIpc) is 3.02. The van der Waals surface area contributed by atoms with Gasteiger partial charge in [0, 0.05) is 5.56 Å². The minimum atomic E-state index is -1.52. The number of aliphatic hydroxyl groups is 3. The Morgan fingerprint density at radius 2 is 0.762 bits per heavy atom. The van der Waals surface area contributed by atoms with Crippen LogP contribution in [0.25, 0.3) is 0 Å². The predicted molar refractivity (Wildman–Crippen MR) is 152 cm³/mol. The molecule has 0 fully saturated rings. The van der Waals surface area contributed by atoms with Crippen LogP contribution in [0.4, 0.5) is 0 Å². The highest BCUT2D eigenvalue weighted by Gasteiger charge is 2.15. The molecule has 0 spiro atoms. The number of carboxylic acid groups (broad SMARTS) is 3. The number of carbonyl (C=O) groups is 3. The van der Waals surface area contributed by atoms with Crippen molar-refractivity contribution in [2.45, 2.75) is 31.3 Å². The van der Waals surface area contributed by atoms with Gasteiger partial charge < -0.3 is 41.2 Å². The molecule has 8 N–H and O–H groups in total. The second-order valence-corrected chi connectivity index (χ2v) is 8.75. The fraction of sp³-hybridized carbons (Fsp3) is 0.156. The Balaban J connectivity index is 0.000000281. The molecule has 4 atom stereocenters. The second-order valence-electron chi connectivity index (χ2n) is 8.75. The van der Waals surface area contributed by atoms with Gasteiger partial charge in [0.15, 0.2) is 12.2 Å². The van der Waals surface area contributed by atoms with Crippen LogP contribution in [0.1, 0.15) is 53.5 Å². The second kappa shape index (κ2) is 19.2. The molecule has 0 bridgehead atoms. The first kappa shape index (κ1) is 35.2. The molecule has 10 heteroatoms. The third-order valence-electron chi connectivity index (χ3n) is 5.41. The van der Waals surface area contributed by atoms with Crippen molar-refractivity contribution >= 4 is 17.9 Å². The molecule has 0 unspecified atom stereocenters. The van der Waals surface area contributed by atoms with E-state index in [9.17, 15) is 19.5 Å². The van der Waals surface area contributed by atoms with Gasteiger partial charge in [0.05, 0.1) is 5.97 Å². The Morgan fingerprint density at radius 1 is 0.524 bits per heavy atom. The van der Waals surface area contributed by atoms with Crippen LogP contribution in [0, 0.1) is 0 Å². The molecule has 0 aliphatic carbocycles. The van der Waals surface area contributed by atoms with Crippen LogP contribution in [0.2, 0.25) is 0 Å². The number of quaternary nitrogens is 1. The van der Waals surface area contributed by atoms with Crippen molar-refractivity contribution in [1.29, 1.82) is 0 Å². The van der Waals surface area contributed by atoms with E-state index in [4.69, 9.17) is 25.5 Å². The van der Waals surface area contributed by atoms with Gasteiger partial charge in [-0.1, -0.05) is 121 Å². The highest BCUT2D eigenvalue weighted by Crippen LogP contribution is 2.12. The summed E-state index contributed by atoms with van der Waals surface area (Å²) in [6, 6.07) is 35.3. The lowest BCUT2D eigenvalue weighted by Crippen LogP contribution is -2.51. The van der Waals surface area contributed by atoms with Crippen LogP contribution in [0.3, 0.4) is 0 Å². The molecule has 0 aliphatic rings. The van der Waals surface area contributed by atoms with Crippen molar-refractivity contribution in [3.63, 3.8) is 0 Å². The van der Waals surface area contributed by atoms with E-state index in [1.54, 1.807) is 78.9 Å². The summed E-state index contributed by atoms with van der Waals surface area (Å²) >= 11 is 0. The number of aliphatic carboxylic acids is 3. The Hall–Kier alpha value is -4.87. The van der Waals surface area contributed by atoms with E-state index in [0.717, 1.165) is 0 Å². The molecule has 4 rings (SSSR count). The van der Waals surface area contributed by atoms with Crippen molar-refractivity contribution in [2.75, 3.05) is 0 Å². The summed E-state index contributed by atoms with van der Waals surface area (Å²) in [6.07, 6.45) is -4.33. The van der Waals surface area contributed by atoms with E-state index < -0.39 is 36.2 Å². The molecule has 0 aliphatic heterocycles. The maximum atomic E-state index is 10.2. The van der Waals surface area contributed by atoms with Gasteiger partial charge in [0.25, 0.3) is 0 Å². The molecule has 0 amide bonds. The summed E-state index contributed by atoms with van der Waals surface area (Å²) in [4.78, 5) is 30.6. The summed E-state index contributed by atoms with van der Waals surface area (Å²) in [6.45, 7) is 2.09. The Labute approximate surface area is 243 Å². The fourth-order valence-electron chi connectivity index (χ4n) is 3.11. The Morgan fingerprint density at radius 3 is 0.952 bits per heavy atom. The van der Waals surface area contributed by atoms with Gasteiger partial charge in [0.1, 0.15) is 12.1 Å². The lowest BCUT2D eigenvalue weighted by atomic mass is 10.1. The molecular weight excluding hydrogens is 542 g/mol. The molecule has 0 saturated heterocycles. The summed E-state index contributed by atoms with van der Waals surface area (Å²) in [5, 5.41) is 53.8. The zero-order valence-corrected chi connectivity index (χ0v) is 22.9. The minimum absolute atomic E-state index is 0.340. The van der Waals surface area contributed by atoms with Crippen LogP contribution < -0.4 is 10.8 Å². The molecule has 0 saturated carbocycles. The molecule has 4 aromatic rings. The molecule has 42 heavy (non-hydrogen) atoms. The number of carboxylic acids is 3. The Bertz CT molecular complexity index is 1190. The zero-order chi connectivity index (χ0) is 31.5. The normalized spacial score (nSPS) is 12.6. The largest absolute Gasteiger partial charge is 0.547 e. The van der Waals surface area contributed by atoms with Gasteiger partial charge in [0.2, 0.25) is 0 Å². The summed E-state index contributed by atoms with van der Waals surface area (Å²) in [5.41, 5.74) is 6.36. The van der Waals surface area contributed by atoms with Crippen LogP contribution in [-0.4, -0.2) is 43.4 Å². The Kier molecular flexibility index (Phi) is 16.1. The number of aliphatic hydroxyl groups excluding tert-OH is 3. The van der Waals surface area contributed by atoms with E-state index in [2.05, 4.69) is 24.8 Å². The van der Waals surface area contributed by atoms with Crippen molar-refractivity contribution in [1.82, 2.24) is 0 Å². The zero-order valence-electron chi connectivity index (χ0n) is 22.9. The third kappa shape index (κ3) is 13.5. The molecule has 0 heterocycles. The van der Waals surface area contributed by atoms with E-state index in [0.29, 0.717) is 22.7 Å². The van der Waals surface area contributed by atoms with Gasteiger partial charge in [-0.2, -0.15) is 0 Å². The van der Waals surface area contributed by atoms with Crippen molar-refractivity contribution < 1.29 is 50.8 Å². The quantitative estimate of drug-likeness (QED) is 0.190. The van der Waals surface area contributed by atoms with Gasteiger partial charge >= 0.3 is 11.9 Å². The first-order valence-corrected chi connectivity index (χ1v) is 12.7. The first-order valence-electron chi connectivity index (χ1n) is 12.7. The molecule has 0 aromatic heterocycles. The van der Waals surface area contributed by atoms with Gasteiger partial charge in [-0.15, -0.1) is 0 Å². The summed E-state index contributed by atoms with van der Waals surface area (Å²) < 4.78 is 0. The lowest BCUT2D eigenvalue weighted by Gasteiger charge is -2.10. The third-order valence-corrected chi connectivity index (χ3v) is 5.41. The highest BCUT2D eigenvalue weighted by atomic mass is 16.4. The van der Waals surface area contributed by atoms with Crippen molar-refractivity contribution in [3.8, 4) is 0 Å². The number of carbonyl (C=O) groups excluding carboxylic acids is 1. The average molecular weight is 578 g/mol. The van der Waals surface area contributed by atoms with E-state index in [-0.39, 0.29) is 0 Å². The maximum Gasteiger partial charge on any atom is 0.337 e. The van der Waals surface area contributed by atoms with Gasteiger partial charge in [-0.3, -0.25) is 0 Å². The molecule has 10 nitrogen and oxygen atoms in total. The number of benzene rings is 4. The van der Waals surface area contributed by atoms with Crippen molar-refractivity contribution in [2.24, 2.45) is 0 Å².